The van der Waals surface area contributed by atoms with E-state index in [0.717, 1.165) is 21.4 Å². The summed E-state index contributed by atoms with van der Waals surface area (Å²) in [6, 6.07) is 7.28. The van der Waals surface area contributed by atoms with Crippen LogP contribution in [0, 0.1) is 13.8 Å². The molecule has 0 fully saturated rings. The molecule has 0 bridgehead atoms. The standard InChI is InChI=1S/C14H13N3OS2/c1-9-7-19-14(15-9)20-8-11-6-13(18)17-10(2)4-3-5-12(17)16-11/h3-7H,8H2,1-2H3. The van der Waals surface area contributed by atoms with Crippen molar-refractivity contribution >= 4 is 28.7 Å². The van der Waals surface area contributed by atoms with E-state index < -0.39 is 0 Å². The highest BCUT2D eigenvalue weighted by molar-refractivity contribution is 8.00. The number of aryl methyl sites for hydroxylation is 2. The molecule has 0 radical (unpaired) electrons. The normalized spacial score (nSPS) is 11.1. The van der Waals surface area contributed by atoms with E-state index in [0.29, 0.717) is 11.4 Å². The number of hydrogen-bond donors (Lipinski definition) is 0. The van der Waals surface area contributed by atoms with Crippen molar-refractivity contribution in [3.63, 3.8) is 0 Å². The molecule has 3 aromatic rings. The van der Waals surface area contributed by atoms with Crippen molar-refractivity contribution in [1.82, 2.24) is 14.4 Å². The Labute approximate surface area is 124 Å². The molecule has 0 spiro atoms. The smallest absolute Gasteiger partial charge is 0.258 e. The van der Waals surface area contributed by atoms with Gasteiger partial charge in [-0.25, -0.2) is 9.97 Å². The van der Waals surface area contributed by atoms with Crippen LogP contribution >= 0.6 is 23.1 Å². The van der Waals surface area contributed by atoms with Crippen molar-refractivity contribution in [1.29, 1.82) is 0 Å². The molecule has 0 aliphatic rings. The van der Waals surface area contributed by atoms with Crippen molar-refractivity contribution in [2.75, 3.05) is 0 Å². The third kappa shape index (κ3) is 2.62. The van der Waals surface area contributed by atoms with Gasteiger partial charge in [0.05, 0.1) is 5.69 Å². The molecule has 0 saturated carbocycles. The Bertz CT molecular complexity index is 823. The molecule has 3 aromatic heterocycles. The zero-order chi connectivity index (χ0) is 14.1. The van der Waals surface area contributed by atoms with Crippen molar-refractivity contribution in [3.8, 4) is 0 Å². The first-order valence-corrected chi connectivity index (χ1v) is 8.03. The number of rotatable bonds is 3. The molecule has 0 amide bonds. The van der Waals surface area contributed by atoms with Crippen LogP contribution in [-0.4, -0.2) is 14.4 Å². The minimum absolute atomic E-state index is 0.0287. The van der Waals surface area contributed by atoms with E-state index in [-0.39, 0.29) is 5.56 Å². The van der Waals surface area contributed by atoms with Crippen LogP contribution in [0.1, 0.15) is 17.1 Å². The SMILES string of the molecule is Cc1csc(SCc2cc(=O)n3c(C)cccc3n2)n1. The molecule has 0 aliphatic heterocycles. The first-order chi connectivity index (χ1) is 9.63. The van der Waals surface area contributed by atoms with Gasteiger partial charge in [-0.15, -0.1) is 11.3 Å². The summed E-state index contributed by atoms with van der Waals surface area (Å²) in [7, 11) is 0. The van der Waals surface area contributed by atoms with Gasteiger partial charge < -0.3 is 0 Å². The Balaban J connectivity index is 1.91. The lowest BCUT2D eigenvalue weighted by Crippen LogP contribution is -2.17. The third-order valence-electron chi connectivity index (χ3n) is 2.87. The predicted octanol–water partition coefficient (Wildman–Crippen LogP) is 3.06. The summed E-state index contributed by atoms with van der Waals surface area (Å²) < 4.78 is 2.63. The second kappa shape index (κ2) is 5.38. The van der Waals surface area contributed by atoms with Crippen LogP contribution in [0.4, 0.5) is 0 Å². The number of thioether (sulfide) groups is 1. The lowest BCUT2D eigenvalue weighted by molar-refractivity contribution is 0.968. The van der Waals surface area contributed by atoms with Gasteiger partial charge >= 0.3 is 0 Å². The largest absolute Gasteiger partial charge is 0.269 e. The van der Waals surface area contributed by atoms with Crippen LogP contribution < -0.4 is 5.56 Å². The van der Waals surface area contributed by atoms with E-state index in [2.05, 4.69) is 9.97 Å². The topological polar surface area (TPSA) is 47.3 Å². The number of nitrogens with zero attached hydrogens (tertiary/aromatic N) is 3. The average Bonchev–Trinajstić information content (AvgIpc) is 2.82. The summed E-state index contributed by atoms with van der Waals surface area (Å²) >= 11 is 3.23. The number of pyridine rings is 1. The van der Waals surface area contributed by atoms with Crippen LogP contribution in [-0.2, 0) is 5.75 Å². The highest BCUT2D eigenvalue weighted by atomic mass is 32.2. The van der Waals surface area contributed by atoms with Crippen LogP contribution in [0.25, 0.3) is 5.65 Å². The fourth-order valence-corrected chi connectivity index (χ4v) is 3.71. The maximum atomic E-state index is 12.1. The molecule has 0 unspecified atom stereocenters. The molecule has 4 nitrogen and oxygen atoms in total. The Morgan fingerprint density at radius 3 is 2.90 bits per heavy atom. The molecule has 3 rings (SSSR count). The Morgan fingerprint density at radius 2 is 2.15 bits per heavy atom. The van der Waals surface area contributed by atoms with Gasteiger partial charge in [-0.05, 0) is 26.0 Å². The molecule has 6 heteroatoms. The number of hydrogen-bond acceptors (Lipinski definition) is 5. The summed E-state index contributed by atoms with van der Waals surface area (Å²) in [5, 5.41) is 2.02. The zero-order valence-corrected chi connectivity index (χ0v) is 12.8. The highest BCUT2D eigenvalue weighted by Crippen LogP contribution is 2.25. The van der Waals surface area contributed by atoms with E-state index >= 15 is 0 Å². The molecule has 0 saturated heterocycles. The number of aromatic nitrogens is 3. The van der Waals surface area contributed by atoms with E-state index in [1.165, 1.54) is 0 Å². The van der Waals surface area contributed by atoms with Gasteiger partial charge in [-0.1, -0.05) is 17.8 Å². The highest BCUT2D eigenvalue weighted by Gasteiger charge is 2.06. The monoisotopic (exact) mass is 303 g/mol. The maximum absolute atomic E-state index is 12.1. The number of fused-ring (bicyclic) bond motifs is 1. The van der Waals surface area contributed by atoms with Crippen molar-refractivity contribution in [2.24, 2.45) is 0 Å². The van der Waals surface area contributed by atoms with E-state index in [1.54, 1.807) is 33.6 Å². The van der Waals surface area contributed by atoms with Crippen LogP contribution in [0.2, 0.25) is 0 Å². The molecule has 20 heavy (non-hydrogen) atoms. The predicted molar refractivity (Wildman–Crippen MR) is 82.6 cm³/mol. The summed E-state index contributed by atoms with van der Waals surface area (Å²) in [6.07, 6.45) is 0. The molecule has 0 N–H and O–H groups in total. The molecular formula is C14H13N3OS2. The molecule has 0 atom stereocenters. The molecule has 0 aliphatic carbocycles. The van der Waals surface area contributed by atoms with Gasteiger partial charge in [0.2, 0.25) is 0 Å². The summed E-state index contributed by atoms with van der Waals surface area (Å²) in [4.78, 5) is 21.1. The second-order valence-electron chi connectivity index (χ2n) is 4.49. The van der Waals surface area contributed by atoms with E-state index in [1.807, 2.05) is 37.4 Å². The zero-order valence-electron chi connectivity index (χ0n) is 11.2. The van der Waals surface area contributed by atoms with Gasteiger partial charge in [0.25, 0.3) is 5.56 Å². The minimum atomic E-state index is -0.0287. The fourth-order valence-electron chi connectivity index (χ4n) is 1.97. The molecular weight excluding hydrogens is 290 g/mol. The minimum Gasteiger partial charge on any atom is -0.269 e. The Kier molecular flexibility index (Phi) is 3.58. The summed E-state index contributed by atoms with van der Waals surface area (Å²) in [5.74, 6) is 0.659. The molecule has 0 aromatic carbocycles. The summed E-state index contributed by atoms with van der Waals surface area (Å²) in [5.41, 5.74) is 3.38. The summed E-state index contributed by atoms with van der Waals surface area (Å²) in [6.45, 7) is 3.88. The average molecular weight is 303 g/mol. The van der Waals surface area contributed by atoms with Gasteiger partial charge in [-0.2, -0.15) is 0 Å². The van der Waals surface area contributed by atoms with Crippen molar-refractivity contribution in [2.45, 2.75) is 23.9 Å². The first kappa shape index (κ1) is 13.3. The Morgan fingerprint density at radius 1 is 1.30 bits per heavy atom. The van der Waals surface area contributed by atoms with Crippen molar-refractivity contribution < 1.29 is 0 Å². The van der Waals surface area contributed by atoms with Gasteiger partial charge in [-0.3, -0.25) is 9.20 Å². The molecule has 3 heterocycles. The lowest BCUT2D eigenvalue weighted by atomic mass is 10.3. The van der Waals surface area contributed by atoms with Gasteiger partial charge in [0.1, 0.15) is 9.99 Å². The van der Waals surface area contributed by atoms with Gasteiger partial charge in [0.15, 0.2) is 0 Å². The third-order valence-corrected chi connectivity index (χ3v) is 5.05. The lowest BCUT2D eigenvalue weighted by Gasteiger charge is -2.05. The van der Waals surface area contributed by atoms with E-state index in [4.69, 9.17) is 0 Å². The van der Waals surface area contributed by atoms with Crippen LogP contribution in [0.5, 0.6) is 0 Å². The van der Waals surface area contributed by atoms with Crippen molar-refractivity contribution in [3.05, 3.63) is 57.1 Å². The molecule has 102 valence electrons. The fraction of sp³-hybridized carbons (Fsp3) is 0.214. The van der Waals surface area contributed by atoms with Crippen LogP contribution in [0.3, 0.4) is 0 Å². The number of thiazole rings is 1. The van der Waals surface area contributed by atoms with Gasteiger partial charge in [0, 0.05) is 28.6 Å². The first-order valence-electron chi connectivity index (χ1n) is 6.17. The van der Waals surface area contributed by atoms with Crippen LogP contribution in [0.15, 0.2) is 38.8 Å². The van der Waals surface area contributed by atoms with E-state index in [9.17, 15) is 4.79 Å². The quantitative estimate of drug-likeness (QED) is 0.698. The Hall–Kier alpha value is -1.66. The maximum Gasteiger partial charge on any atom is 0.258 e. The second-order valence-corrected chi connectivity index (χ2v) is 6.57.